The van der Waals surface area contributed by atoms with Crippen LogP contribution in [-0.4, -0.2) is 67.8 Å². The Hall–Kier alpha value is -0.770. The molecular weight excluding hydrogens is 279 g/mol. The number of terminal acetylenes is 1. The molecule has 1 N–H and O–H groups in total. The van der Waals surface area contributed by atoms with Gasteiger partial charge in [-0.2, -0.15) is 13.2 Å². The normalized spacial score (nSPS) is 26.1. The lowest BCUT2D eigenvalue weighted by atomic mass is 10.0. The molecule has 0 aromatic heterocycles. The van der Waals surface area contributed by atoms with Gasteiger partial charge in [-0.15, -0.1) is 6.42 Å². The summed E-state index contributed by atoms with van der Waals surface area (Å²) < 4.78 is 37.0. The van der Waals surface area contributed by atoms with E-state index in [0.29, 0.717) is 31.6 Å². The Kier molecular flexibility index (Phi) is 5.91. The molecule has 0 radical (unpaired) electrons. The van der Waals surface area contributed by atoms with Crippen molar-refractivity contribution in [3.05, 3.63) is 0 Å². The molecule has 120 valence electrons. The van der Waals surface area contributed by atoms with E-state index >= 15 is 0 Å². The van der Waals surface area contributed by atoms with Gasteiger partial charge >= 0.3 is 6.18 Å². The summed E-state index contributed by atoms with van der Waals surface area (Å²) >= 11 is 0. The van der Waals surface area contributed by atoms with Crippen molar-refractivity contribution in [1.82, 2.24) is 15.1 Å². The number of rotatable bonds is 5. The first-order valence-electron chi connectivity index (χ1n) is 7.64. The molecule has 0 spiro atoms. The third-order valence-electron chi connectivity index (χ3n) is 4.37. The molecule has 2 fully saturated rings. The van der Waals surface area contributed by atoms with Crippen LogP contribution >= 0.6 is 0 Å². The minimum Gasteiger partial charge on any atom is -0.314 e. The molecule has 2 aliphatic rings. The molecule has 2 saturated heterocycles. The van der Waals surface area contributed by atoms with E-state index in [2.05, 4.69) is 16.1 Å². The van der Waals surface area contributed by atoms with Crippen LogP contribution in [0, 0.1) is 18.3 Å². The van der Waals surface area contributed by atoms with Crippen LogP contribution in [0.4, 0.5) is 13.2 Å². The highest BCUT2D eigenvalue weighted by Crippen LogP contribution is 2.22. The summed E-state index contributed by atoms with van der Waals surface area (Å²) in [6, 6.07) is 0.482. The highest BCUT2D eigenvalue weighted by molar-refractivity contribution is 4.90. The third-order valence-corrected chi connectivity index (χ3v) is 4.37. The van der Waals surface area contributed by atoms with Crippen molar-refractivity contribution in [3.8, 4) is 12.3 Å². The van der Waals surface area contributed by atoms with E-state index in [1.54, 1.807) is 0 Å². The summed E-state index contributed by atoms with van der Waals surface area (Å²) in [6.07, 6.45) is 4.22. The molecule has 0 bridgehead atoms. The number of hydrogen-bond donors (Lipinski definition) is 1. The fourth-order valence-corrected chi connectivity index (χ4v) is 3.23. The van der Waals surface area contributed by atoms with Crippen molar-refractivity contribution in [2.45, 2.75) is 31.5 Å². The fourth-order valence-electron chi connectivity index (χ4n) is 3.23. The van der Waals surface area contributed by atoms with E-state index in [1.165, 1.54) is 4.90 Å². The summed E-state index contributed by atoms with van der Waals surface area (Å²) in [5.41, 5.74) is 0. The van der Waals surface area contributed by atoms with E-state index in [0.717, 1.165) is 38.9 Å². The van der Waals surface area contributed by atoms with Crippen LogP contribution in [-0.2, 0) is 0 Å². The van der Waals surface area contributed by atoms with E-state index in [4.69, 9.17) is 6.42 Å². The van der Waals surface area contributed by atoms with Crippen LogP contribution in [0.3, 0.4) is 0 Å². The quantitative estimate of drug-likeness (QED) is 0.778. The second-order valence-corrected chi connectivity index (χ2v) is 6.17. The molecule has 1 atom stereocenters. The summed E-state index contributed by atoms with van der Waals surface area (Å²) in [7, 11) is 0. The summed E-state index contributed by atoms with van der Waals surface area (Å²) in [4.78, 5) is 3.78. The number of halogens is 3. The molecule has 0 saturated carbocycles. The maximum absolute atomic E-state index is 12.3. The van der Waals surface area contributed by atoms with Gasteiger partial charge < -0.3 is 5.32 Å². The molecular formula is C15H24F3N3. The Balaban J connectivity index is 1.61. The van der Waals surface area contributed by atoms with Crippen LogP contribution in [0.1, 0.15) is 19.3 Å². The fraction of sp³-hybridized carbons (Fsp3) is 0.867. The van der Waals surface area contributed by atoms with Gasteiger partial charge in [0.1, 0.15) is 0 Å². The maximum Gasteiger partial charge on any atom is 0.401 e. The molecule has 0 aromatic carbocycles. The SMILES string of the molecule is C#CCN1CCC(NCC2CCN(CC(F)(F)F)C2)CC1. The van der Waals surface area contributed by atoms with Crippen molar-refractivity contribution in [3.63, 3.8) is 0 Å². The monoisotopic (exact) mass is 303 g/mol. The Bertz CT molecular complexity index is 356. The predicted octanol–water partition coefficient (Wildman–Crippen LogP) is 1.56. The molecule has 1 unspecified atom stereocenters. The van der Waals surface area contributed by atoms with E-state index < -0.39 is 12.7 Å². The minimum absolute atomic E-state index is 0.344. The van der Waals surface area contributed by atoms with Crippen LogP contribution in [0.15, 0.2) is 0 Å². The molecule has 0 amide bonds. The average Bonchev–Trinajstić information content (AvgIpc) is 2.84. The summed E-state index contributed by atoms with van der Waals surface area (Å²) in [5, 5.41) is 3.52. The first kappa shape index (κ1) is 16.6. The second-order valence-electron chi connectivity index (χ2n) is 6.17. The Morgan fingerprint density at radius 2 is 1.76 bits per heavy atom. The molecule has 3 nitrogen and oxygen atoms in total. The van der Waals surface area contributed by atoms with Gasteiger partial charge in [0.05, 0.1) is 13.1 Å². The van der Waals surface area contributed by atoms with Gasteiger partial charge in [0.15, 0.2) is 0 Å². The van der Waals surface area contributed by atoms with Gasteiger partial charge in [-0.3, -0.25) is 9.80 Å². The lowest BCUT2D eigenvalue weighted by Crippen LogP contribution is -2.44. The number of piperidine rings is 1. The van der Waals surface area contributed by atoms with Crippen molar-refractivity contribution in [2.75, 3.05) is 45.8 Å². The minimum atomic E-state index is -4.08. The van der Waals surface area contributed by atoms with Gasteiger partial charge in [0.2, 0.25) is 0 Å². The first-order chi connectivity index (χ1) is 9.96. The largest absolute Gasteiger partial charge is 0.401 e. The number of nitrogens with one attached hydrogen (secondary N) is 1. The van der Waals surface area contributed by atoms with Gasteiger partial charge in [-0.1, -0.05) is 5.92 Å². The van der Waals surface area contributed by atoms with E-state index in [1.807, 2.05) is 0 Å². The second kappa shape index (κ2) is 7.48. The zero-order chi connectivity index (χ0) is 15.3. The Morgan fingerprint density at radius 3 is 2.38 bits per heavy atom. The average molecular weight is 303 g/mol. The van der Waals surface area contributed by atoms with Crippen LogP contribution in [0.2, 0.25) is 0 Å². The number of likely N-dealkylation sites (tertiary alicyclic amines) is 2. The highest BCUT2D eigenvalue weighted by atomic mass is 19.4. The molecule has 0 aliphatic carbocycles. The maximum atomic E-state index is 12.3. The number of nitrogens with zero attached hydrogens (tertiary/aromatic N) is 2. The Labute approximate surface area is 124 Å². The summed E-state index contributed by atoms with van der Waals surface area (Å²) in [6.45, 7) is 3.90. The van der Waals surface area contributed by atoms with Crippen molar-refractivity contribution < 1.29 is 13.2 Å². The van der Waals surface area contributed by atoms with Crippen LogP contribution < -0.4 is 5.32 Å². The standard InChI is InChI=1S/C15H24F3N3/c1-2-6-20-8-4-14(5-9-20)19-10-13-3-7-21(11-13)12-15(16,17)18/h1,13-14,19H,3-12H2. The zero-order valence-electron chi connectivity index (χ0n) is 12.3. The van der Waals surface area contributed by atoms with E-state index in [9.17, 15) is 13.2 Å². The Morgan fingerprint density at radius 1 is 1.10 bits per heavy atom. The molecule has 2 heterocycles. The smallest absolute Gasteiger partial charge is 0.314 e. The van der Waals surface area contributed by atoms with Crippen molar-refractivity contribution >= 4 is 0 Å². The lowest BCUT2D eigenvalue weighted by molar-refractivity contribution is -0.143. The third kappa shape index (κ3) is 5.85. The number of alkyl halides is 3. The molecule has 0 aromatic rings. The van der Waals surface area contributed by atoms with Crippen LogP contribution in [0.5, 0.6) is 0 Å². The van der Waals surface area contributed by atoms with Gasteiger partial charge in [0.25, 0.3) is 0 Å². The molecule has 2 aliphatic heterocycles. The molecule has 2 rings (SSSR count). The van der Waals surface area contributed by atoms with E-state index in [-0.39, 0.29) is 0 Å². The predicted molar refractivity (Wildman–Crippen MR) is 76.9 cm³/mol. The van der Waals surface area contributed by atoms with Gasteiger partial charge in [-0.05, 0) is 38.3 Å². The molecule has 21 heavy (non-hydrogen) atoms. The van der Waals surface area contributed by atoms with Crippen molar-refractivity contribution in [1.29, 1.82) is 0 Å². The topological polar surface area (TPSA) is 18.5 Å². The summed E-state index contributed by atoms with van der Waals surface area (Å²) in [5.74, 6) is 3.00. The molecule has 6 heteroatoms. The van der Waals surface area contributed by atoms with Gasteiger partial charge in [0, 0.05) is 25.7 Å². The first-order valence-corrected chi connectivity index (χ1v) is 7.64. The number of hydrogen-bond acceptors (Lipinski definition) is 3. The van der Waals surface area contributed by atoms with Gasteiger partial charge in [-0.25, -0.2) is 0 Å². The highest BCUT2D eigenvalue weighted by Gasteiger charge is 2.34. The zero-order valence-corrected chi connectivity index (χ0v) is 12.3. The van der Waals surface area contributed by atoms with Crippen LogP contribution in [0.25, 0.3) is 0 Å². The lowest BCUT2D eigenvalue weighted by Gasteiger charge is -2.31. The van der Waals surface area contributed by atoms with Crippen molar-refractivity contribution in [2.24, 2.45) is 5.92 Å².